The molecule has 1 aliphatic rings. The third-order valence-corrected chi connectivity index (χ3v) is 2.22. The van der Waals surface area contributed by atoms with Gasteiger partial charge in [0.15, 0.2) is 0 Å². The maximum absolute atomic E-state index is 11.1. The van der Waals surface area contributed by atoms with Crippen LogP contribution >= 0.6 is 0 Å². The van der Waals surface area contributed by atoms with Gasteiger partial charge in [-0.25, -0.2) is 0 Å². The summed E-state index contributed by atoms with van der Waals surface area (Å²) in [5, 5.41) is 0. The van der Waals surface area contributed by atoms with Gasteiger partial charge >= 0.3 is 5.97 Å². The first-order valence-electron chi connectivity index (χ1n) is 3.77. The Balaban J connectivity index is 2.68. The van der Waals surface area contributed by atoms with Gasteiger partial charge < -0.3 is 4.74 Å². The first-order chi connectivity index (χ1) is 5.16. The zero-order valence-electron chi connectivity index (χ0n) is 6.79. The molecule has 0 aromatic carbocycles. The minimum atomic E-state index is -0.486. The molecule has 11 heavy (non-hydrogen) atoms. The standard InChI is InChI=1S/C8H12O3/c1-5-3-4-6(9)7(5)8(10)11-2/h5,7H,3-4H2,1-2H3/t5-,7-/m0/s1. The van der Waals surface area contributed by atoms with Crippen molar-refractivity contribution in [3.63, 3.8) is 0 Å². The van der Waals surface area contributed by atoms with Gasteiger partial charge in [0.1, 0.15) is 11.7 Å². The number of hydrogen-bond acceptors (Lipinski definition) is 3. The molecule has 1 rings (SSSR count). The summed E-state index contributed by atoms with van der Waals surface area (Å²) < 4.78 is 4.52. The summed E-state index contributed by atoms with van der Waals surface area (Å²) in [4.78, 5) is 22.1. The Labute approximate surface area is 65.7 Å². The van der Waals surface area contributed by atoms with Crippen molar-refractivity contribution in [1.82, 2.24) is 0 Å². The molecule has 0 spiro atoms. The molecular weight excluding hydrogens is 144 g/mol. The van der Waals surface area contributed by atoms with Crippen LogP contribution in [0.15, 0.2) is 0 Å². The topological polar surface area (TPSA) is 43.4 Å². The lowest BCUT2D eigenvalue weighted by molar-refractivity contribution is -0.149. The minimum absolute atomic E-state index is 0.0318. The van der Waals surface area contributed by atoms with Crippen LogP contribution in [0.3, 0.4) is 0 Å². The molecule has 2 atom stereocenters. The van der Waals surface area contributed by atoms with E-state index in [0.717, 1.165) is 6.42 Å². The summed E-state index contributed by atoms with van der Waals surface area (Å²) >= 11 is 0. The zero-order chi connectivity index (χ0) is 8.43. The molecule has 0 saturated heterocycles. The molecule has 0 heterocycles. The summed E-state index contributed by atoms with van der Waals surface area (Å²) in [5.74, 6) is -0.667. The fraction of sp³-hybridized carbons (Fsp3) is 0.750. The van der Waals surface area contributed by atoms with E-state index in [9.17, 15) is 9.59 Å². The number of ether oxygens (including phenoxy) is 1. The fourth-order valence-electron chi connectivity index (χ4n) is 1.50. The summed E-state index contributed by atoms with van der Waals surface area (Å²) in [7, 11) is 1.32. The van der Waals surface area contributed by atoms with Crippen molar-refractivity contribution < 1.29 is 14.3 Å². The number of rotatable bonds is 1. The number of Topliss-reactive ketones (excluding diaryl/α,β-unsaturated/α-hetero) is 1. The molecule has 0 aromatic rings. The van der Waals surface area contributed by atoms with Crippen molar-refractivity contribution >= 4 is 11.8 Å². The molecule has 0 aliphatic heterocycles. The number of ketones is 1. The average Bonchev–Trinajstić information content (AvgIpc) is 2.30. The lowest BCUT2D eigenvalue weighted by Crippen LogP contribution is -2.24. The number of esters is 1. The summed E-state index contributed by atoms with van der Waals surface area (Å²) in [6.07, 6.45) is 1.35. The predicted octanol–water partition coefficient (Wildman–Crippen LogP) is 0.775. The molecule has 1 saturated carbocycles. The highest BCUT2D eigenvalue weighted by atomic mass is 16.5. The largest absolute Gasteiger partial charge is 0.468 e. The van der Waals surface area contributed by atoms with Crippen LogP contribution in [0.25, 0.3) is 0 Å². The van der Waals surface area contributed by atoms with E-state index in [-0.39, 0.29) is 17.7 Å². The second-order valence-corrected chi connectivity index (χ2v) is 2.98. The summed E-state index contributed by atoms with van der Waals surface area (Å²) in [6.45, 7) is 1.91. The average molecular weight is 156 g/mol. The minimum Gasteiger partial charge on any atom is -0.468 e. The van der Waals surface area contributed by atoms with Gasteiger partial charge in [-0.1, -0.05) is 6.92 Å². The van der Waals surface area contributed by atoms with E-state index < -0.39 is 5.92 Å². The Morgan fingerprint density at radius 2 is 2.27 bits per heavy atom. The molecule has 0 aromatic heterocycles. The van der Waals surface area contributed by atoms with Crippen molar-refractivity contribution in [3.05, 3.63) is 0 Å². The van der Waals surface area contributed by atoms with Crippen molar-refractivity contribution in [1.29, 1.82) is 0 Å². The van der Waals surface area contributed by atoms with E-state index in [2.05, 4.69) is 4.74 Å². The van der Waals surface area contributed by atoms with E-state index in [0.29, 0.717) is 6.42 Å². The Bertz CT molecular complexity index is 186. The number of methoxy groups -OCH3 is 1. The lowest BCUT2D eigenvalue weighted by atomic mass is 9.98. The van der Waals surface area contributed by atoms with Gasteiger partial charge in [0, 0.05) is 6.42 Å². The molecule has 0 unspecified atom stereocenters. The number of carbonyl (C=O) groups is 2. The Kier molecular flexibility index (Phi) is 2.27. The fourth-order valence-corrected chi connectivity index (χ4v) is 1.50. The predicted molar refractivity (Wildman–Crippen MR) is 38.9 cm³/mol. The Morgan fingerprint density at radius 3 is 2.64 bits per heavy atom. The number of hydrogen-bond donors (Lipinski definition) is 0. The van der Waals surface area contributed by atoms with Gasteiger partial charge in [-0.3, -0.25) is 9.59 Å². The maximum Gasteiger partial charge on any atom is 0.316 e. The van der Waals surface area contributed by atoms with E-state index in [1.54, 1.807) is 0 Å². The van der Waals surface area contributed by atoms with Gasteiger partial charge in [-0.15, -0.1) is 0 Å². The monoisotopic (exact) mass is 156 g/mol. The van der Waals surface area contributed by atoms with E-state index in [4.69, 9.17) is 0 Å². The van der Waals surface area contributed by atoms with E-state index in [1.807, 2.05) is 6.92 Å². The molecule has 1 fully saturated rings. The smallest absolute Gasteiger partial charge is 0.316 e. The Hall–Kier alpha value is -0.860. The van der Waals surface area contributed by atoms with Gasteiger partial charge in [0.05, 0.1) is 7.11 Å². The highest BCUT2D eigenvalue weighted by Gasteiger charge is 2.37. The molecule has 0 bridgehead atoms. The molecule has 3 heteroatoms. The summed E-state index contributed by atoms with van der Waals surface area (Å²) in [6, 6.07) is 0. The lowest BCUT2D eigenvalue weighted by Gasteiger charge is -2.09. The molecule has 0 radical (unpaired) electrons. The first-order valence-corrected chi connectivity index (χ1v) is 3.77. The van der Waals surface area contributed by atoms with Crippen molar-refractivity contribution in [3.8, 4) is 0 Å². The first kappa shape index (κ1) is 8.24. The molecule has 62 valence electrons. The zero-order valence-corrected chi connectivity index (χ0v) is 6.79. The van der Waals surface area contributed by atoms with E-state index >= 15 is 0 Å². The second kappa shape index (κ2) is 3.03. The molecule has 0 amide bonds. The highest BCUT2D eigenvalue weighted by molar-refractivity contribution is 6.00. The van der Waals surface area contributed by atoms with Gasteiger partial charge in [0.2, 0.25) is 0 Å². The number of carbonyl (C=O) groups excluding carboxylic acids is 2. The van der Waals surface area contributed by atoms with Gasteiger partial charge in [0.25, 0.3) is 0 Å². The van der Waals surface area contributed by atoms with Crippen LogP contribution in [0.1, 0.15) is 19.8 Å². The maximum atomic E-state index is 11.1. The summed E-state index contributed by atoms with van der Waals surface area (Å²) in [5.41, 5.74) is 0. The van der Waals surface area contributed by atoms with Crippen molar-refractivity contribution in [2.24, 2.45) is 11.8 Å². The van der Waals surface area contributed by atoms with Crippen LogP contribution in [0, 0.1) is 11.8 Å². The quantitative estimate of drug-likeness (QED) is 0.416. The van der Waals surface area contributed by atoms with Gasteiger partial charge in [-0.2, -0.15) is 0 Å². The van der Waals surface area contributed by atoms with E-state index in [1.165, 1.54) is 7.11 Å². The van der Waals surface area contributed by atoms with Crippen LogP contribution in [0.2, 0.25) is 0 Å². The van der Waals surface area contributed by atoms with Crippen LogP contribution in [0.4, 0.5) is 0 Å². The second-order valence-electron chi connectivity index (χ2n) is 2.98. The van der Waals surface area contributed by atoms with Crippen LogP contribution < -0.4 is 0 Å². The molecule has 0 N–H and O–H groups in total. The Morgan fingerprint density at radius 1 is 1.64 bits per heavy atom. The molecular formula is C8H12O3. The highest BCUT2D eigenvalue weighted by Crippen LogP contribution is 2.28. The van der Waals surface area contributed by atoms with Crippen LogP contribution in [-0.4, -0.2) is 18.9 Å². The van der Waals surface area contributed by atoms with Crippen LogP contribution in [0.5, 0.6) is 0 Å². The third-order valence-electron chi connectivity index (χ3n) is 2.22. The van der Waals surface area contributed by atoms with Gasteiger partial charge in [-0.05, 0) is 12.3 Å². The van der Waals surface area contributed by atoms with Crippen molar-refractivity contribution in [2.75, 3.05) is 7.11 Å². The third kappa shape index (κ3) is 1.42. The SMILES string of the molecule is COC(=O)[C@@H]1C(=O)CC[C@@H]1C. The van der Waals surface area contributed by atoms with Crippen molar-refractivity contribution in [2.45, 2.75) is 19.8 Å². The normalized spacial score (nSPS) is 30.5. The van der Waals surface area contributed by atoms with Crippen LogP contribution in [-0.2, 0) is 14.3 Å². The molecule has 1 aliphatic carbocycles. The molecule has 3 nitrogen and oxygen atoms in total.